The van der Waals surface area contributed by atoms with Crippen LogP contribution < -0.4 is 0 Å². The molecule has 0 aromatic heterocycles. The monoisotopic (exact) mass is 431 g/mol. The SMILES string of the molecule is O=C(CCCN1CCC(c2cccc(C(O)c3ccccc3)c2)CC1)c1ccc(F)cc1. The molecule has 1 N–H and O–H groups in total. The first-order chi connectivity index (χ1) is 15.6. The molecule has 0 spiro atoms. The van der Waals surface area contributed by atoms with E-state index in [2.05, 4.69) is 17.0 Å². The second-order valence-corrected chi connectivity index (χ2v) is 8.63. The predicted molar refractivity (Wildman–Crippen MR) is 125 cm³/mol. The largest absolute Gasteiger partial charge is 0.384 e. The van der Waals surface area contributed by atoms with Gasteiger partial charge in [-0.3, -0.25) is 4.79 Å². The summed E-state index contributed by atoms with van der Waals surface area (Å²) in [5, 5.41) is 10.7. The lowest BCUT2D eigenvalue weighted by molar-refractivity contribution is 0.0972. The first kappa shape index (κ1) is 22.4. The molecule has 0 aliphatic carbocycles. The van der Waals surface area contributed by atoms with Crippen molar-refractivity contribution in [3.05, 3.63) is 107 Å². The number of carbonyl (C=O) groups is 1. The topological polar surface area (TPSA) is 40.5 Å². The number of Topliss-reactive ketones (excluding diaryl/α,β-unsaturated/α-hetero) is 1. The maximum Gasteiger partial charge on any atom is 0.162 e. The molecule has 3 aromatic rings. The molecule has 166 valence electrons. The number of piperidine rings is 1. The second-order valence-electron chi connectivity index (χ2n) is 8.63. The maximum atomic E-state index is 13.0. The Morgan fingerprint density at radius 1 is 0.938 bits per heavy atom. The molecule has 1 aliphatic heterocycles. The standard InChI is InChI=1S/C28H30FNO2/c29-26-13-11-22(12-14-26)27(31)10-5-17-30-18-15-21(16-19-30)24-8-4-9-25(20-24)28(32)23-6-2-1-3-7-23/h1-4,6-9,11-14,20-21,28,32H,5,10,15-19H2. The Bertz CT molecular complexity index is 1010. The number of nitrogens with zero attached hydrogens (tertiary/aromatic N) is 1. The Labute approximate surface area is 189 Å². The molecule has 4 heteroatoms. The Hall–Kier alpha value is -2.82. The molecule has 1 aliphatic rings. The van der Waals surface area contributed by atoms with Crippen molar-refractivity contribution < 1.29 is 14.3 Å². The third-order valence-corrected chi connectivity index (χ3v) is 6.45. The Balaban J connectivity index is 1.26. The first-order valence-corrected chi connectivity index (χ1v) is 11.4. The molecule has 1 fully saturated rings. The fraction of sp³-hybridized carbons (Fsp3) is 0.321. The van der Waals surface area contributed by atoms with Crippen molar-refractivity contribution in [2.75, 3.05) is 19.6 Å². The maximum absolute atomic E-state index is 13.0. The number of hydrogen-bond donors (Lipinski definition) is 1. The second kappa shape index (κ2) is 10.7. The van der Waals surface area contributed by atoms with E-state index in [1.54, 1.807) is 12.1 Å². The minimum Gasteiger partial charge on any atom is -0.384 e. The molecule has 1 saturated heterocycles. The molecule has 0 saturated carbocycles. The van der Waals surface area contributed by atoms with E-state index in [0.29, 0.717) is 17.9 Å². The van der Waals surface area contributed by atoms with Crippen molar-refractivity contribution in [3.63, 3.8) is 0 Å². The molecule has 0 bridgehead atoms. The lowest BCUT2D eigenvalue weighted by Crippen LogP contribution is -2.33. The van der Waals surface area contributed by atoms with Gasteiger partial charge in [0, 0.05) is 12.0 Å². The minimum absolute atomic E-state index is 0.0775. The quantitative estimate of drug-likeness (QED) is 0.462. The van der Waals surface area contributed by atoms with Gasteiger partial charge in [-0.2, -0.15) is 0 Å². The van der Waals surface area contributed by atoms with E-state index in [0.717, 1.165) is 50.0 Å². The molecule has 3 aromatic carbocycles. The molecule has 1 heterocycles. The molecule has 1 atom stereocenters. The third-order valence-electron chi connectivity index (χ3n) is 6.45. The van der Waals surface area contributed by atoms with E-state index in [4.69, 9.17) is 0 Å². The smallest absolute Gasteiger partial charge is 0.162 e. The third kappa shape index (κ3) is 5.70. The average Bonchev–Trinajstić information content (AvgIpc) is 2.85. The lowest BCUT2D eigenvalue weighted by Gasteiger charge is -2.32. The molecular weight excluding hydrogens is 401 g/mol. The number of rotatable bonds is 8. The summed E-state index contributed by atoms with van der Waals surface area (Å²) >= 11 is 0. The summed E-state index contributed by atoms with van der Waals surface area (Å²) in [6.45, 7) is 2.94. The van der Waals surface area contributed by atoms with Crippen LogP contribution in [0, 0.1) is 5.82 Å². The van der Waals surface area contributed by atoms with Crippen LogP contribution in [0.15, 0.2) is 78.9 Å². The van der Waals surface area contributed by atoms with Crippen molar-refractivity contribution in [2.24, 2.45) is 0 Å². The molecular formula is C28H30FNO2. The molecule has 0 amide bonds. The summed E-state index contributed by atoms with van der Waals surface area (Å²) in [5.41, 5.74) is 3.73. The van der Waals surface area contributed by atoms with E-state index in [1.807, 2.05) is 42.5 Å². The van der Waals surface area contributed by atoms with Crippen molar-refractivity contribution in [3.8, 4) is 0 Å². The van der Waals surface area contributed by atoms with Crippen molar-refractivity contribution in [1.82, 2.24) is 4.90 Å². The van der Waals surface area contributed by atoms with Crippen LogP contribution in [-0.4, -0.2) is 35.4 Å². The van der Waals surface area contributed by atoms with E-state index in [1.165, 1.54) is 17.7 Å². The zero-order valence-corrected chi connectivity index (χ0v) is 18.3. The van der Waals surface area contributed by atoms with Crippen LogP contribution in [-0.2, 0) is 0 Å². The average molecular weight is 432 g/mol. The summed E-state index contributed by atoms with van der Waals surface area (Å²) in [4.78, 5) is 14.7. The van der Waals surface area contributed by atoms with Gasteiger partial charge >= 0.3 is 0 Å². The molecule has 4 rings (SSSR count). The van der Waals surface area contributed by atoms with E-state index in [9.17, 15) is 14.3 Å². The summed E-state index contributed by atoms with van der Waals surface area (Å²) in [6.07, 6.45) is 2.87. The van der Waals surface area contributed by atoms with Crippen molar-refractivity contribution >= 4 is 5.78 Å². The summed E-state index contributed by atoms with van der Waals surface area (Å²) in [5.74, 6) is 0.258. The lowest BCUT2D eigenvalue weighted by atomic mass is 9.87. The van der Waals surface area contributed by atoms with E-state index in [-0.39, 0.29) is 11.6 Å². The van der Waals surface area contributed by atoms with Gasteiger partial charge in [-0.1, -0.05) is 54.6 Å². The van der Waals surface area contributed by atoms with E-state index < -0.39 is 6.10 Å². The fourth-order valence-electron chi connectivity index (χ4n) is 4.54. The van der Waals surface area contributed by atoms with Crippen LogP contribution in [0.4, 0.5) is 4.39 Å². The normalized spacial score (nSPS) is 16.1. The highest BCUT2D eigenvalue weighted by Crippen LogP contribution is 2.31. The van der Waals surface area contributed by atoms with Crippen molar-refractivity contribution in [2.45, 2.75) is 37.7 Å². The molecule has 32 heavy (non-hydrogen) atoms. The predicted octanol–water partition coefficient (Wildman–Crippen LogP) is 5.75. The van der Waals surface area contributed by atoms with Crippen LogP contribution in [0.25, 0.3) is 0 Å². The number of carbonyl (C=O) groups excluding carboxylic acids is 1. The number of halogens is 1. The number of aliphatic hydroxyl groups excluding tert-OH is 1. The number of likely N-dealkylation sites (tertiary alicyclic amines) is 1. The Morgan fingerprint density at radius 3 is 2.34 bits per heavy atom. The first-order valence-electron chi connectivity index (χ1n) is 11.4. The number of ketones is 1. The number of hydrogen-bond acceptors (Lipinski definition) is 3. The van der Waals surface area contributed by atoms with Crippen LogP contribution in [0.1, 0.15) is 64.8 Å². The van der Waals surface area contributed by atoms with Gasteiger partial charge in [0.2, 0.25) is 0 Å². The van der Waals surface area contributed by atoms with Crippen molar-refractivity contribution in [1.29, 1.82) is 0 Å². The summed E-state index contributed by atoms with van der Waals surface area (Å²) in [7, 11) is 0. The van der Waals surface area contributed by atoms with Crippen LogP contribution in [0.3, 0.4) is 0 Å². The molecule has 1 unspecified atom stereocenters. The van der Waals surface area contributed by atoms with Gasteiger partial charge in [-0.05, 0) is 85.8 Å². The highest BCUT2D eigenvalue weighted by Gasteiger charge is 2.21. The van der Waals surface area contributed by atoms with Gasteiger partial charge in [-0.15, -0.1) is 0 Å². The zero-order valence-electron chi connectivity index (χ0n) is 18.3. The number of benzene rings is 3. The van der Waals surface area contributed by atoms with Gasteiger partial charge in [-0.25, -0.2) is 4.39 Å². The fourth-order valence-corrected chi connectivity index (χ4v) is 4.54. The summed E-state index contributed by atoms with van der Waals surface area (Å²) < 4.78 is 13.0. The van der Waals surface area contributed by atoms with Gasteiger partial charge in [0.15, 0.2) is 5.78 Å². The Kier molecular flexibility index (Phi) is 7.46. The van der Waals surface area contributed by atoms with Crippen LogP contribution >= 0.6 is 0 Å². The van der Waals surface area contributed by atoms with Gasteiger partial charge in [0.25, 0.3) is 0 Å². The molecule has 0 radical (unpaired) electrons. The van der Waals surface area contributed by atoms with Gasteiger partial charge in [0.05, 0.1) is 0 Å². The highest BCUT2D eigenvalue weighted by molar-refractivity contribution is 5.95. The van der Waals surface area contributed by atoms with Crippen LogP contribution in [0.2, 0.25) is 0 Å². The van der Waals surface area contributed by atoms with E-state index >= 15 is 0 Å². The Morgan fingerprint density at radius 2 is 1.62 bits per heavy atom. The van der Waals surface area contributed by atoms with Crippen LogP contribution in [0.5, 0.6) is 0 Å². The highest BCUT2D eigenvalue weighted by atomic mass is 19.1. The van der Waals surface area contributed by atoms with Gasteiger partial charge < -0.3 is 10.0 Å². The zero-order chi connectivity index (χ0) is 22.3. The minimum atomic E-state index is -0.602. The van der Waals surface area contributed by atoms with Gasteiger partial charge in [0.1, 0.15) is 11.9 Å². The number of aliphatic hydroxyl groups is 1. The summed E-state index contributed by atoms with van der Waals surface area (Å²) in [6, 6.07) is 23.9. The molecule has 3 nitrogen and oxygen atoms in total.